The van der Waals surface area contributed by atoms with Crippen molar-refractivity contribution in [3.63, 3.8) is 0 Å². The molecule has 2 heterocycles. The summed E-state index contributed by atoms with van der Waals surface area (Å²) in [6, 6.07) is 0.517. The smallest absolute Gasteiger partial charge is 0.138 e. The van der Waals surface area contributed by atoms with Gasteiger partial charge in [-0.2, -0.15) is 5.10 Å². The Morgan fingerprint density at radius 3 is 2.79 bits per heavy atom. The van der Waals surface area contributed by atoms with E-state index in [-0.39, 0.29) is 5.41 Å². The van der Waals surface area contributed by atoms with Crippen LogP contribution >= 0.6 is 0 Å². The Morgan fingerprint density at radius 2 is 2.16 bits per heavy atom. The molecule has 1 fully saturated rings. The van der Waals surface area contributed by atoms with Crippen LogP contribution in [0.4, 0.5) is 0 Å². The van der Waals surface area contributed by atoms with Crippen molar-refractivity contribution in [2.75, 3.05) is 19.8 Å². The van der Waals surface area contributed by atoms with Crippen LogP contribution in [0.15, 0.2) is 6.33 Å². The third kappa shape index (κ3) is 3.76. The highest BCUT2D eigenvalue weighted by Gasteiger charge is 2.34. The summed E-state index contributed by atoms with van der Waals surface area (Å²) in [4.78, 5) is 4.44. The fourth-order valence-corrected chi connectivity index (χ4v) is 2.67. The highest BCUT2D eigenvalue weighted by Crippen LogP contribution is 2.33. The first-order chi connectivity index (χ1) is 9.15. The van der Waals surface area contributed by atoms with E-state index in [4.69, 9.17) is 4.74 Å². The molecule has 19 heavy (non-hydrogen) atoms. The highest BCUT2D eigenvalue weighted by atomic mass is 16.5. The Balaban J connectivity index is 2.08. The minimum Gasteiger partial charge on any atom is -0.381 e. The summed E-state index contributed by atoms with van der Waals surface area (Å²) in [5.74, 6) is 1.11. The van der Waals surface area contributed by atoms with Gasteiger partial charge in [-0.25, -0.2) is 4.98 Å². The van der Waals surface area contributed by atoms with E-state index in [0.29, 0.717) is 6.04 Å². The molecular formula is C14H26N4O. The molecule has 1 saturated heterocycles. The number of rotatable bonds is 6. The van der Waals surface area contributed by atoms with Gasteiger partial charge in [0.15, 0.2) is 0 Å². The van der Waals surface area contributed by atoms with Crippen LogP contribution in [0.2, 0.25) is 0 Å². The molecule has 0 unspecified atom stereocenters. The molecule has 0 spiro atoms. The van der Waals surface area contributed by atoms with Crippen molar-refractivity contribution in [3.05, 3.63) is 12.2 Å². The first kappa shape index (κ1) is 14.5. The molecular weight excluding hydrogens is 240 g/mol. The van der Waals surface area contributed by atoms with Gasteiger partial charge >= 0.3 is 0 Å². The standard InChI is InChI=1S/C14H26N4O/c1-4-18-13(16-11-17-18)9-14(10-15-12(2)3)5-7-19-8-6-14/h11-12,15H,4-10H2,1-3H3. The zero-order valence-electron chi connectivity index (χ0n) is 12.4. The number of ether oxygens (including phenoxy) is 1. The Hall–Kier alpha value is -0.940. The Morgan fingerprint density at radius 1 is 1.42 bits per heavy atom. The van der Waals surface area contributed by atoms with Crippen LogP contribution < -0.4 is 5.32 Å². The van der Waals surface area contributed by atoms with Crippen molar-refractivity contribution in [1.29, 1.82) is 0 Å². The molecule has 1 aliphatic heterocycles. The van der Waals surface area contributed by atoms with Crippen molar-refractivity contribution in [2.45, 2.75) is 52.6 Å². The fourth-order valence-electron chi connectivity index (χ4n) is 2.67. The molecule has 1 aliphatic rings. The van der Waals surface area contributed by atoms with Crippen molar-refractivity contribution in [1.82, 2.24) is 20.1 Å². The lowest BCUT2D eigenvalue weighted by Gasteiger charge is -2.37. The van der Waals surface area contributed by atoms with E-state index in [0.717, 1.165) is 51.4 Å². The normalized spacial score (nSPS) is 18.9. The van der Waals surface area contributed by atoms with Crippen molar-refractivity contribution in [2.24, 2.45) is 5.41 Å². The summed E-state index contributed by atoms with van der Waals surface area (Å²) >= 11 is 0. The first-order valence-electron chi connectivity index (χ1n) is 7.33. The van der Waals surface area contributed by atoms with Gasteiger partial charge in [-0.1, -0.05) is 13.8 Å². The topological polar surface area (TPSA) is 52.0 Å². The molecule has 1 aromatic rings. The van der Waals surface area contributed by atoms with Crippen LogP contribution in [-0.4, -0.2) is 40.6 Å². The van der Waals surface area contributed by atoms with E-state index < -0.39 is 0 Å². The zero-order valence-corrected chi connectivity index (χ0v) is 12.4. The number of nitrogens with zero attached hydrogens (tertiary/aromatic N) is 3. The van der Waals surface area contributed by atoms with E-state index in [1.54, 1.807) is 6.33 Å². The number of nitrogens with one attached hydrogen (secondary N) is 1. The molecule has 0 atom stereocenters. The summed E-state index contributed by atoms with van der Waals surface area (Å²) < 4.78 is 7.54. The zero-order chi connectivity index (χ0) is 13.7. The van der Waals surface area contributed by atoms with Crippen LogP contribution in [0, 0.1) is 5.41 Å². The van der Waals surface area contributed by atoms with E-state index in [1.807, 2.05) is 4.68 Å². The SMILES string of the molecule is CCn1ncnc1CC1(CNC(C)C)CCOCC1. The quantitative estimate of drug-likeness (QED) is 0.850. The van der Waals surface area contributed by atoms with Gasteiger partial charge in [0.05, 0.1) is 0 Å². The van der Waals surface area contributed by atoms with Crippen molar-refractivity contribution >= 4 is 0 Å². The van der Waals surface area contributed by atoms with Gasteiger partial charge in [-0.15, -0.1) is 0 Å². The average molecular weight is 266 g/mol. The Bertz CT molecular complexity index is 383. The molecule has 2 rings (SSSR count). The lowest BCUT2D eigenvalue weighted by atomic mass is 9.76. The molecule has 5 nitrogen and oxygen atoms in total. The lowest BCUT2D eigenvalue weighted by molar-refractivity contribution is 0.0126. The maximum Gasteiger partial charge on any atom is 0.138 e. The van der Waals surface area contributed by atoms with Crippen LogP contribution in [0.25, 0.3) is 0 Å². The second kappa shape index (κ2) is 6.48. The van der Waals surface area contributed by atoms with E-state index in [9.17, 15) is 0 Å². The van der Waals surface area contributed by atoms with Crippen molar-refractivity contribution < 1.29 is 4.74 Å². The monoisotopic (exact) mass is 266 g/mol. The third-order valence-electron chi connectivity index (χ3n) is 3.97. The minimum absolute atomic E-state index is 0.266. The second-order valence-electron chi connectivity index (χ2n) is 5.82. The number of aromatic nitrogens is 3. The third-order valence-corrected chi connectivity index (χ3v) is 3.97. The summed E-state index contributed by atoms with van der Waals surface area (Å²) in [7, 11) is 0. The molecule has 0 saturated carbocycles. The lowest BCUT2D eigenvalue weighted by Crippen LogP contribution is -2.43. The van der Waals surface area contributed by atoms with Gasteiger partial charge in [-0.05, 0) is 25.2 Å². The summed E-state index contributed by atoms with van der Waals surface area (Å²) in [5, 5.41) is 7.87. The maximum absolute atomic E-state index is 5.54. The van der Waals surface area contributed by atoms with Crippen LogP contribution in [0.5, 0.6) is 0 Å². The average Bonchev–Trinajstić information content (AvgIpc) is 2.85. The van der Waals surface area contributed by atoms with Crippen LogP contribution in [-0.2, 0) is 17.7 Å². The highest BCUT2D eigenvalue weighted by molar-refractivity contribution is 4.96. The number of hydrogen-bond donors (Lipinski definition) is 1. The fraction of sp³-hybridized carbons (Fsp3) is 0.857. The van der Waals surface area contributed by atoms with Crippen LogP contribution in [0.1, 0.15) is 39.4 Å². The maximum atomic E-state index is 5.54. The summed E-state index contributed by atoms with van der Waals surface area (Å²) in [6.45, 7) is 10.1. The molecule has 0 amide bonds. The van der Waals surface area contributed by atoms with Gasteiger partial charge in [0.25, 0.3) is 0 Å². The molecule has 0 radical (unpaired) electrons. The van der Waals surface area contributed by atoms with E-state index in [2.05, 4.69) is 36.2 Å². The predicted octanol–water partition coefficient (Wildman–Crippen LogP) is 1.64. The number of hydrogen-bond acceptors (Lipinski definition) is 4. The molecule has 0 aromatic carbocycles. The molecule has 0 bridgehead atoms. The molecule has 1 aromatic heterocycles. The molecule has 1 N–H and O–H groups in total. The molecule has 0 aliphatic carbocycles. The van der Waals surface area contributed by atoms with Gasteiger partial charge in [-0.3, -0.25) is 4.68 Å². The predicted molar refractivity (Wildman–Crippen MR) is 75.0 cm³/mol. The van der Waals surface area contributed by atoms with Gasteiger partial charge in [0.1, 0.15) is 12.2 Å². The van der Waals surface area contributed by atoms with Crippen LogP contribution in [0.3, 0.4) is 0 Å². The van der Waals surface area contributed by atoms with Crippen molar-refractivity contribution in [3.8, 4) is 0 Å². The van der Waals surface area contributed by atoms with Gasteiger partial charge in [0.2, 0.25) is 0 Å². The molecule has 5 heteroatoms. The summed E-state index contributed by atoms with van der Waals surface area (Å²) in [6.07, 6.45) is 4.86. The Labute approximate surface area is 115 Å². The molecule has 108 valence electrons. The second-order valence-corrected chi connectivity index (χ2v) is 5.82. The number of aryl methyl sites for hydroxylation is 1. The van der Waals surface area contributed by atoms with Gasteiger partial charge in [0, 0.05) is 38.8 Å². The minimum atomic E-state index is 0.266. The van der Waals surface area contributed by atoms with Gasteiger partial charge < -0.3 is 10.1 Å². The van der Waals surface area contributed by atoms with E-state index in [1.165, 1.54) is 0 Å². The largest absolute Gasteiger partial charge is 0.381 e. The van der Waals surface area contributed by atoms with E-state index >= 15 is 0 Å². The summed E-state index contributed by atoms with van der Waals surface area (Å²) in [5.41, 5.74) is 0.266. The Kier molecular flexibility index (Phi) is 4.93. The first-order valence-corrected chi connectivity index (χ1v) is 7.33.